The molecule has 3 rings (SSSR count). The predicted molar refractivity (Wildman–Crippen MR) is 102 cm³/mol. The van der Waals surface area contributed by atoms with Gasteiger partial charge in [-0.15, -0.1) is 0 Å². The summed E-state index contributed by atoms with van der Waals surface area (Å²) in [5.74, 6) is 1.01. The lowest BCUT2D eigenvalue weighted by Crippen LogP contribution is -2.36. The number of carbonyl (C=O) groups excluding carboxylic acids is 1. The first-order chi connectivity index (χ1) is 12.7. The number of aromatic nitrogens is 1. The molecule has 1 atom stereocenters. The molecule has 1 fully saturated rings. The monoisotopic (exact) mass is 353 g/mol. The van der Waals surface area contributed by atoms with Gasteiger partial charge in [0.25, 0.3) is 0 Å². The fraction of sp³-hybridized carbons (Fsp3) is 0.429. The Morgan fingerprint density at radius 1 is 1.23 bits per heavy atom. The fourth-order valence-electron chi connectivity index (χ4n) is 3.44. The van der Waals surface area contributed by atoms with Crippen LogP contribution in [0.1, 0.15) is 30.5 Å². The largest absolute Gasteiger partial charge is 0.497 e. The Morgan fingerprint density at radius 2 is 2.04 bits per heavy atom. The predicted octanol–water partition coefficient (Wildman–Crippen LogP) is 3.10. The molecule has 5 nitrogen and oxygen atoms in total. The molecule has 1 saturated heterocycles. The van der Waals surface area contributed by atoms with Crippen LogP contribution in [0.4, 0.5) is 0 Å². The summed E-state index contributed by atoms with van der Waals surface area (Å²) >= 11 is 0. The van der Waals surface area contributed by atoms with E-state index in [-0.39, 0.29) is 5.91 Å². The molecule has 26 heavy (non-hydrogen) atoms. The Bertz CT molecular complexity index is 703. The summed E-state index contributed by atoms with van der Waals surface area (Å²) < 4.78 is 5.22. The van der Waals surface area contributed by atoms with E-state index in [0.717, 1.165) is 30.0 Å². The molecule has 0 spiro atoms. The van der Waals surface area contributed by atoms with Crippen LogP contribution in [0.15, 0.2) is 48.7 Å². The van der Waals surface area contributed by atoms with Gasteiger partial charge in [-0.1, -0.05) is 18.2 Å². The summed E-state index contributed by atoms with van der Waals surface area (Å²) in [5, 5.41) is 0. The number of ether oxygens (including phenoxy) is 1. The maximum atomic E-state index is 13.0. The quantitative estimate of drug-likeness (QED) is 0.767. The van der Waals surface area contributed by atoms with E-state index in [0.29, 0.717) is 25.6 Å². The molecular formula is C21H27N3O2. The molecule has 1 aliphatic rings. The van der Waals surface area contributed by atoms with Gasteiger partial charge in [-0.3, -0.25) is 9.78 Å². The maximum absolute atomic E-state index is 13.0. The second kappa shape index (κ2) is 8.81. The van der Waals surface area contributed by atoms with Crippen LogP contribution in [0, 0.1) is 0 Å². The third-order valence-electron chi connectivity index (χ3n) is 5.05. The smallest absolute Gasteiger partial charge is 0.224 e. The van der Waals surface area contributed by atoms with Crippen LogP contribution in [0.3, 0.4) is 0 Å². The van der Waals surface area contributed by atoms with E-state index in [9.17, 15) is 4.79 Å². The number of hydrogen-bond acceptors (Lipinski definition) is 4. The van der Waals surface area contributed by atoms with E-state index in [2.05, 4.69) is 16.9 Å². The summed E-state index contributed by atoms with van der Waals surface area (Å²) in [4.78, 5) is 21.6. The van der Waals surface area contributed by atoms with Crippen molar-refractivity contribution < 1.29 is 9.53 Å². The van der Waals surface area contributed by atoms with Crippen LogP contribution >= 0.6 is 0 Å². The molecule has 0 radical (unpaired) electrons. The number of nitrogens with zero attached hydrogens (tertiary/aromatic N) is 3. The van der Waals surface area contributed by atoms with Crippen molar-refractivity contribution >= 4 is 5.91 Å². The third kappa shape index (κ3) is 4.82. The molecule has 1 aromatic heterocycles. The normalized spacial score (nSPS) is 17.2. The third-order valence-corrected chi connectivity index (χ3v) is 5.05. The van der Waals surface area contributed by atoms with Gasteiger partial charge in [0.15, 0.2) is 0 Å². The molecule has 0 N–H and O–H groups in total. The SMILES string of the molecule is COc1ccc(CN(Cc2ccccn2)C(=O)C[C@@H]2CCCN2C)cc1. The Hall–Kier alpha value is -2.40. The number of likely N-dealkylation sites (tertiary alicyclic amines) is 1. The molecular weight excluding hydrogens is 326 g/mol. The fourth-order valence-corrected chi connectivity index (χ4v) is 3.44. The summed E-state index contributed by atoms with van der Waals surface area (Å²) in [6, 6.07) is 14.1. The van der Waals surface area contributed by atoms with Crippen molar-refractivity contribution in [1.82, 2.24) is 14.8 Å². The minimum atomic E-state index is 0.185. The first-order valence-corrected chi connectivity index (χ1v) is 9.16. The van der Waals surface area contributed by atoms with Crippen LogP contribution in [-0.2, 0) is 17.9 Å². The minimum Gasteiger partial charge on any atom is -0.497 e. The molecule has 0 saturated carbocycles. The zero-order chi connectivity index (χ0) is 18.4. The van der Waals surface area contributed by atoms with Crippen molar-refractivity contribution in [2.24, 2.45) is 0 Å². The number of benzene rings is 1. The van der Waals surface area contributed by atoms with Crippen molar-refractivity contribution in [3.05, 3.63) is 59.9 Å². The Kier molecular flexibility index (Phi) is 6.23. The van der Waals surface area contributed by atoms with E-state index in [1.165, 1.54) is 6.42 Å². The summed E-state index contributed by atoms with van der Waals surface area (Å²) in [7, 11) is 3.77. The lowest BCUT2D eigenvalue weighted by atomic mass is 10.1. The lowest BCUT2D eigenvalue weighted by Gasteiger charge is -2.26. The average molecular weight is 353 g/mol. The van der Waals surface area contributed by atoms with Gasteiger partial charge in [0.05, 0.1) is 19.3 Å². The minimum absolute atomic E-state index is 0.185. The zero-order valence-corrected chi connectivity index (χ0v) is 15.6. The van der Waals surface area contributed by atoms with Crippen molar-refractivity contribution in [1.29, 1.82) is 0 Å². The van der Waals surface area contributed by atoms with Crippen LogP contribution in [0.5, 0.6) is 5.75 Å². The maximum Gasteiger partial charge on any atom is 0.224 e. The van der Waals surface area contributed by atoms with E-state index in [1.807, 2.05) is 47.4 Å². The highest BCUT2D eigenvalue weighted by Gasteiger charge is 2.26. The highest BCUT2D eigenvalue weighted by Crippen LogP contribution is 2.21. The van der Waals surface area contributed by atoms with Gasteiger partial charge in [-0.25, -0.2) is 0 Å². The number of hydrogen-bond donors (Lipinski definition) is 0. The second-order valence-electron chi connectivity index (χ2n) is 6.90. The molecule has 1 amide bonds. The van der Waals surface area contributed by atoms with Crippen LogP contribution in [0.2, 0.25) is 0 Å². The second-order valence-corrected chi connectivity index (χ2v) is 6.90. The van der Waals surface area contributed by atoms with Gasteiger partial charge < -0.3 is 14.5 Å². The molecule has 0 bridgehead atoms. The highest BCUT2D eigenvalue weighted by molar-refractivity contribution is 5.76. The topological polar surface area (TPSA) is 45.7 Å². The van der Waals surface area contributed by atoms with E-state index in [1.54, 1.807) is 13.3 Å². The molecule has 5 heteroatoms. The lowest BCUT2D eigenvalue weighted by molar-refractivity contribution is -0.133. The molecule has 138 valence electrons. The van der Waals surface area contributed by atoms with E-state index < -0.39 is 0 Å². The number of pyridine rings is 1. The van der Waals surface area contributed by atoms with Crippen molar-refractivity contribution in [3.63, 3.8) is 0 Å². The highest BCUT2D eigenvalue weighted by atomic mass is 16.5. The van der Waals surface area contributed by atoms with Gasteiger partial charge in [-0.05, 0) is 56.3 Å². The van der Waals surface area contributed by atoms with Gasteiger partial charge in [0.1, 0.15) is 5.75 Å². The molecule has 0 unspecified atom stereocenters. The Balaban J connectivity index is 1.72. The van der Waals surface area contributed by atoms with E-state index in [4.69, 9.17) is 4.74 Å². The Labute approximate surface area is 155 Å². The number of rotatable bonds is 7. The molecule has 2 aromatic rings. The number of carbonyl (C=O) groups is 1. The molecule has 1 aliphatic heterocycles. The van der Waals surface area contributed by atoms with Crippen LogP contribution < -0.4 is 4.74 Å². The Morgan fingerprint density at radius 3 is 2.65 bits per heavy atom. The molecule has 2 heterocycles. The van der Waals surface area contributed by atoms with Gasteiger partial charge in [-0.2, -0.15) is 0 Å². The summed E-state index contributed by atoms with van der Waals surface area (Å²) in [5.41, 5.74) is 2.00. The van der Waals surface area contributed by atoms with Crippen molar-refractivity contribution in [2.75, 3.05) is 20.7 Å². The van der Waals surface area contributed by atoms with E-state index >= 15 is 0 Å². The summed E-state index contributed by atoms with van der Waals surface area (Å²) in [6.07, 6.45) is 4.62. The zero-order valence-electron chi connectivity index (χ0n) is 15.6. The van der Waals surface area contributed by atoms with Gasteiger partial charge in [0, 0.05) is 25.2 Å². The van der Waals surface area contributed by atoms with Gasteiger partial charge >= 0.3 is 0 Å². The van der Waals surface area contributed by atoms with Crippen LogP contribution in [-0.4, -0.2) is 47.4 Å². The van der Waals surface area contributed by atoms with Gasteiger partial charge in [0.2, 0.25) is 5.91 Å². The first-order valence-electron chi connectivity index (χ1n) is 9.16. The first kappa shape index (κ1) is 18.4. The number of amides is 1. The van der Waals surface area contributed by atoms with Crippen molar-refractivity contribution in [2.45, 2.75) is 38.4 Å². The number of methoxy groups -OCH3 is 1. The summed E-state index contributed by atoms with van der Waals surface area (Å²) in [6.45, 7) is 2.19. The molecule has 1 aromatic carbocycles. The van der Waals surface area contributed by atoms with Crippen LogP contribution in [0.25, 0.3) is 0 Å². The standard InChI is InChI=1S/C21H27N3O2/c1-23-13-5-7-19(23)14-21(25)24(16-18-6-3-4-12-22-18)15-17-8-10-20(26-2)11-9-17/h3-4,6,8-12,19H,5,7,13-16H2,1-2H3/t19-/m0/s1. The molecule has 0 aliphatic carbocycles. The van der Waals surface area contributed by atoms with Crippen molar-refractivity contribution in [3.8, 4) is 5.75 Å². The average Bonchev–Trinajstić information content (AvgIpc) is 3.07.